The molecule has 0 unspecified atom stereocenters. The van der Waals surface area contributed by atoms with Crippen molar-refractivity contribution in [2.45, 2.75) is 18.5 Å². The van der Waals surface area contributed by atoms with Crippen LogP contribution in [0.1, 0.15) is 12.5 Å². The zero-order chi connectivity index (χ0) is 14.1. The molecule has 20 heavy (non-hydrogen) atoms. The molecular formula is C15H16N4S. The van der Waals surface area contributed by atoms with Crippen molar-refractivity contribution in [3.05, 3.63) is 36.4 Å². The Morgan fingerprint density at radius 2 is 2.20 bits per heavy atom. The first-order valence-electron chi connectivity index (χ1n) is 6.60. The van der Waals surface area contributed by atoms with Crippen molar-refractivity contribution in [3.63, 3.8) is 0 Å². The Labute approximate surface area is 121 Å². The van der Waals surface area contributed by atoms with Gasteiger partial charge in [-0.3, -0.25) is 0 Å². The standard InChI is InChI=1S/C15H16N4S/c1-4-8-20-15-16-14-13(17-18-15)11-9-10(5-2)6-7-12(11)19(14)3/h4,6-7,9H,1,5,8H2,2-3H3. The second-order valence-corrected chi connectivity index (χ2v) is 5.62. The van der Waals surface area contributed by atoms with E-state index in [1.165, 1.54) is 5.56 Å². The van der Waals surface area contributed by atoms with E-state index in [4.69, 9.17) is 0 Å². The highest BCUT2D eigenvalue weighted by atomic mass is 32.2. The second kappa shape index (κ2) is 5.25. The van der Waals surface area contributed by atoms with Crippen LogP contribution in [0.4, 0.5) is 0 Å². The van der Waals surface area contributed by atoms with Crippen molar-refractivity contribution in [2.24, 2.45) is 7.05 Å². The fourth-order valence-corrected chi connectivity index (χ4v) is 2.82. The number of nitrogens with zero attached hydrogens (tertiary/aromatic N) is 4. The summed E-state index contributed by atoms with van der Waals surface area (Å²) in [6.07, 6.45) is 2.85. The zero-order valence-corrected chi connectivity index (χ0v) is 12.4. The van der Waals surface area contributed by atoms with E-state index in [0.29, 0.717) is 5.16 Å². The maximum absolute atomic E-state index is 4.61. The molecule has 0 amide bonds. The molecule has 0 aliphatic carbocycles. The average Bonchev–Trinajstić information content (AvgIpc) is 2.77. The van der Waals surface area contributed by atoms with Crippen molar-refractivity contribution in [2.75, 3.05) is 5.75 Å². The summed E-state index contributed by atoms with van der Waals surface area (Å²) >= 11 is 1.55. The van der Waals surface area contributed by atoms with Gasteiger partial charge < -0.3 is 4.57 Å². The molecule has 3 aromatic rings. The molecule has 0 spiro atoms. The Morgan fingerprint density at radius 3 is 2.95 bits per heavy atom. The van der Waals surface area contributed by atoms with Gasteiger partial charge >= 0.3 is 0 Å². The summed E-state index contributed by atoms with van der Waals surface area (Å²) in [5, 5.41) is 10.4. The van der Waals surface area contributed by atoms with Gasteiger partial charge in [0.15, 0.2) is 5.65 Å². The number of hydrogen-bond acceptors (Lipinski definition) is 4. The van der Waals surface area contributed by atoms with Crippen LogP contribution in [-0.2, 0) is 13.5 Å². The first-order valence-corrected chi connectivity index (χ1v) is 7.58. The third-order valence-corrected chi connectivity index (χ3v) is 4.22. The lowest BCUT2D eigenvalue weighted by atomic mass is 10.1. The van der Waals surface area contributed by atoms with Crippen LogP contribution in [0.25, 0.3) is 22.1 Å². The highest BCUT2D eigenvalue weighted by molar-refractivity contribution is 7.99. The fraction of sp³-hybridized carbons (Fsp3) is 0.267. The Kier molecular flexibility index (Phi) is 3.44. The molecule has 2 heterocycles. The SMILES string of the molecule is C=CCSc1nnc2c3cc(CC)ccc3n(C)c2n1. The number of aromatic nitrogens is 4. The van der Waals surface area contributed by atoms with Gasteiger partial charge in [0.05, 0.1) is 5.52 Å². The molecule has 0 bridgehead atoms. The Balaban J connectivity index is 2.22. The molecule has 5 heteroatoms. The highest BCUT2D eigenvalue weighted by Gasteiger charge is 2.12. The first kappa shape index (κ1) is 13.1. The quantitative estimate of drug-likeness (QED) is 0.544. The van der Waals surface area contributed by atoms with E-state index in [0.717, 1.165) is 34.2 Å². The minimum atomic E-state index is 0.694. The number of aryl methyl sites for hydroxylation is 2. The normalized spacial score (nSPS) is 11.3. The smallest absolute Gasteiger partial charge is 0.211 e. The number of hydrogen-bond donors (Lipinski definition) is 0. The van der Waals surface area contributed by atoms with Crippen molar-refractivity contribution >= 4 is 33.8 Å². The maximum Gasteiger partial charge on any atom is 0.211 e. The highest BCUT2D eigenvalue weighted by Crippen LogP contribution is 2.27. The van der Waals surface area contributed by atoms with Crippen LogP contribution in [0.2, 0.25) is 0 Å². The van der Waals surface area contributed by atoms with Crippen LogP contribution in [0, 0.1) is 0 Å². The van der Waals surface area contributed by atoms with Crippen LogP contribution in [0.15, 0.2) is 36.0 Å². The topological polar surface area (TPSA) is 43.6 Å². The summed E-state index contributed by atoms with van der Waals surface area (Å²) in [4.78, 5) is 4.61. The maximum atomic E-state index is 4.61. The van der Waals surface area contributed by atoms with Gasteiger partial charge in [0.25, 0.3) is 0 Å². The van der Waals surface area contributed by atoms with Gasteiger partial charge in [0, 0.05) is 18.2 Å². The number of thioether (sulfide) groups is 1. The summed E-state index contributed by atoms with van der Waals surface area (Å²) in [5.74, 6) is 0.789. The van der Waals surface area contributed by atoms with Crippen molar-refractivity contribution < 1.29 is 0 Å². The molecule has 102 valence electrons. The molecule has 0 fully saturated rings. The summed E-state index contributed by atoms with van der Waals surface area (Å²) in [7, 11) is 2.02. The largest absolute Gasteiger partial charge is 0.327 e. The van der Waals surface area contributed by atoms with Crippen molar-refractivity contribution in [1.82, 2.24) is 19.7 Å². The minimum absolute atomic E-state index is 0.694. The van der Waals surface area contributed by atoms with Crippen LogP contribution in [0.5, 0.6) is 0 Å². The predicted octanol–water partition coefficient (Wildman–Crippen LogP) is 3.36. The summed E-state index contributed by atoms with van der Waals surface area (Å²) in [6, 6.07) is 6.47. The Hall–Kier alpha value is -1.88. The molecule has 0 N–H and O–H groups in total. The lowest BCUT2D eigenvalue weighted by Gasteiger charge is -1.99. The van der Waals surface area contributed by atoms with E-state index in [9.17, 15) is 0 Å². The average molecular weight is 284 g/mol. The molecule has 0 atom stereocenters. The number of benzene rings is 1. The van der Waals surface area contributed by atoms with E-state index in [1.54, 1.807) is 11.8 Å². The molecule has 3 rings (SSSR count). The third kappa shape index (κ3) is 2.08. The Bertz CT molecular complexity index is 791. The number of rotatable bonds is 4. The second-order valence-electron chi connectivity index (χ2n) is 4.63. The van der Waals surface area contributed by atoms with E-state index in [-0.39, 0.29) is 0 Å². The zero-order valence-electron chi connectivity index (χ0n) is 11.6. The summed E-state index contributed by atoms with van der Waals surface area (Å²) in [5.41, 5.74) is 4.21. The van der Waals surface area contributed by atoms with Gasteiger partial charge in [-0.25, -0.2) is 4.98 Å². The van der Waals surface area contributed by atoms with Gasteiger partial charge in [-0.1, -0.05) is 30.8 Å². The van der Waals surface area contributed by atoms with Crippen LogP contribution in [-0.4, -0.2) is 25.5 Å². The Morgan fingerprint density at radius 1 is 1.35 bits per heavy atom. The predicted molar refractivity (Wildman–Crippen MR) is 84.1 cm³/mol. The van der Waals surface area contributed by atoms with Crippen LogP contribution >= 0.6 is 11.8 Å². The van der Waals surface area contributed by atoms with Crippen molar-refractivity contribution in [3.8, 4) is 0 Å². The van der Waals surface area contributed by atoms with Gasteiger partial charge in [-0.2, -0.15) is 0 Å². The summed E-state index contributed by atoms with van der Waals surface area (Å²) in [6.45, 7) is 5.86. The molecule has 0 radical (unpaired) electrons. The van der Waals surface area contributed by atoms with Crippen molar-refractivity contribution in [1.29, 1.82) is 0 Å². The fourth-order valence-electron chi connectivity index (χ4n) is 2.31. The van der Waals surface area contributed by atoms with Gasteiger partial charge in [-0.15, -0.1) is 16.8 Å². The molecular weight excluding hydrogens is 268 g/mol. The molecule has 0 saturated carbocycles. The molecule has 1 aromatic carbocycles. The van der Waals surface area contributed by atoms with E-state index < -0.39 is 0 Å². The molecule has 0 aliphatic heterocycles. The monoisotopic (exact) mass is 284 g/mol. The molecule has 4 nitrogen and oxygen atoms in total. The van der Waals surface area contributed by atoms with E-state index in [2.05, 4.69) is 51.5 Å². The van der Waals surface area contributed by atoms with Gasteiger partial charge in [0.2, 0.25) is 5.16 Å². The van der Waals surface area contributed by atoms with E-state index >= 15 is 0 Å². The van der Waals surface area contributed by atoms with Gasteiger partial charge in [0.1, 0.15) is 5.52 Å². The van der Waals surface area contributed by atoms with E-state index in [1.807, 2.05) is 13.1 Å². The molecule has 0 saturated heterocycles. The van der Waals surface area contributed by atoms with Crippen LogP contribution in [0.3, 0.4) is 0 Å². The van der Waals surface area contributed by atoms with Gasteiger partial charge in [-0.05, 0) is 24.1 Å². The lowest BCUT2D eigenvalue weighted by Crippen LogP contribution is -1.95. The first-order chi connectivity index (χ1) is 9.74. The third-order valence-electron chi connectivity index (χ3n) is 3.38. The molecule has 2 aromatic heterocycles. The lowest BCUT2D eigenvalue weighted by molar-refractivity contribution is 0.856. The minimum Gasteiger partial charge on any atom is -0.327 e. The summed E-state index contributed by atoms with van der Waals surface area (Å²) < 4.78 is 2.08. The van der Waals surface area contributed by atoms with Crippen LogP contribution < -0.4 is 0 Å². The molecule has 0 aliphatic rings. The number of fused-ring (bicyclic) bond motifs is 3.